The first-order chi connectivity index (χ1) is 13.1. The molecule has 1 heterocycles. The Morgan fingerprint density at radius 1 is 0.889 bits per heavy atom. The van der Waals surface area contributed by atoms with E-state index in [0.29, 0.717) is 49.0 Å². The number of hydrogen-bond donors (Lipinski definition) is 0. The molecule has 0 N–H and O–H groups in total. The van der Waals surface area contributed by atoms with Gasteiger partial charge in [0, 0.05) is 37.4 Å². The molecular formula is C20H23FN2O4. The van der Waals surface area contributed by atoms with Gasteiger partial charge in [-0.05, 0) is 36.4 Å². The summed E-state index contributed by atoms with van der Waals surface area (Å²) < 4.78 is 29.0. The standard InChI is InChI=1S/C20H23FN2O4/c1-25-17-12-14(13-18(26-2)19(17)27-3)20(24)23-10-8-22(9-11-23)16-6-4-15(21)5-7-16/h4-7,12-13H,8-11H2,1-3H3. The number of benzene rings is 2. The van der Waals surface area contributed by atoms with Crippen molar-refractivity contribution in [1.82, 2.24) is 4.90 Å². The Hall–Kier alpha value is -2.96. The van der Waals surface area contributed by atoms with Crippen LogP contribution in [0.3, 0.4) is 0 Å². The van der Waals surface area contributed by atoms with Crippen LogP contribution in [0.1, 0.15) is 10.4 Å². The predicted octanol–water partition coefficient (Wildman–Crippen LogP) is 2.81. The highest BCUT2D eigenvalue weighted by atomic mass is 19.1. The van der Waals surface area contributed by atoms with Gasteiger partial charge in [-0.25, -0.2) is 4.39 Å². The van der Waals surface area contributed by atoms with Crippen molar-refractivity contribution in [2.24, 2.45) is 0 Å². The van der Waals surface area contributed by atoms with Crippen molar-refractivity contribution < 1.29 is 23.4 Å². The molecule has 3 rings (SSSR count). The molecule has 144 valence electrons. The van der Waals surface area contributed by atoms with Crippen LogP contribution in [0.4, 0.5) is 10.1 Å². The van der Waals surface area contributed by atoms with Gasteiger partial charge in [0.15, 0.2) is 11.5 Å². The van der Waals surface area contributed by atoms with E-state index in [1.165, 1.54) is 33.5 Å². The van der Waals surface area contributed by atoms with Crippen LogP contribution < -0.4 is 19.1 Å². The van der Waals surface area contributed by atoms with Crippen LogP contribution in [0.25, 0.3) is 0 Å². The predicted molar refractivity (Wildman–Crippen MR) is 101 cm³/mol. The lowest BCUT2D eigenvalue weighted by Gasteiger charge is -2.36. The molecule has 1 aliphatic rings. The molecule has 0 radical (unpaired) electrons. The zero-order valence-electron chi connectivity index (χ0n) is 15.7. The molecule has 1 aliphatic heterocycles. The summed E-state index contributed by atoms with van der Waals surface area (Å²) in [6, 6.07) is 9.73. The highest BCUT2D eigenvalue weighted by Gasteiger charge is 2.25. The van der Waals surface area contributed by atoms with Crippen LogP contribution in [0, 0.1) is 5.82 Å². The van der Waals surface area contributed by atoms with Gasteiger partial charge in [-0.2, -0.15) is 0 Å². The Morgan fingerprint density at radius 2 is 1.44 bits per heavy atom. The largest absolute Gasteiger partial charge is 0.493 e. The molecule has 0 atom stereocenters. The van der Waals surface area contributed by atoms with Gasteiger partial charge in [0.1, 0.15) is 5.82 Å². The Morgan fingerprint density at radius 3 is 1.93 bits per heavy atom. The topological polar surface area (TPSA) is 51.2 Å². The highest BCUT2D eigenvalue weighted by Crippen LogP contribution is 2.38. The third-order valence-electron chi connectivity index (χ3n) is 4.67. The van der Waals surface area contributed by atoms with E-state index in [-0.39, 0.29) is 11.7 Å². The second kappa shape index (κ2) is 8.16. The minimum atomic E-state index is -0.255. The van der Waals surface area contributed by atoms with Gasteiger partial charge in [0.25, 0.3) is 5.91 Å². The summed E-state index contributed by atoms with van der Waals surface area (Å²) in [5.74, 6) is 1.01. The first kappa shape index (κ1) is 18.8. The van der Waals surface area contributed by atoms with Crippen LogP contribution >= 0.6 is 0 Å². The zero-order chi connectivity index (χ0) is 19.4. The summed E-state index contributed by atoms with van der Waals surface area (Å²) in [6.07, 6.45) is 0. The number of methoxy groups -OCH3 is 3. The van der Waals surface area contributed by atoms with Crippen LogP contribution in [0.2, 0.25) is 0 Å². The van der Waals surface area contributed by atoms with Gasteiger partial charge < -0.3 is 24.0 Å². The van der Waals surface area contributed by atoms with Crippen molar-refractivity contribution in [2.75, 3.05) is 52.4 Å². The Bertz CT molecular complexity index is 777. The molecule has 27 heavy (non-hydrogen) atoms. The number of amides is 1. The van der Waals surface area contributed by atoms with E-state index in [0.717, 1.165) is 5.69 Å². The summed E-state index contributed by atoms with van der Waals surface area (Å²) in [5.41, 5.74) is 1.44. The maximum atomic E-state index is 13.1. The summed E-state index contributed by atoms with van der Waals surface area (Å²) in [7, 11) is 4.57. The number of hydrogen-bond acceptors (Lipinski definition) is 5. The summed E-state index contributed by atoms with van der Waals surface area (Å²) in [6.45, 7) is 2.52. The molecule has 1 amide bonds. The van der Waals surface area contributed by atoms with Crippen molar-refractivity contribution in [3.63, 3.8) is 0 Å². The minimum Gasteiger partial charge on any atom is -0.493 e. The monoisotopic (exact) mass is 374 g/mol. The van der Waals surface area contributed by atoms with Crippen molar-refractivity contribution in [2.45, 2.75) is 0 Å². The second-order valence-electron chi connectivity index (χ2n) is 6.17. The SMILES string of the molecule is COc1cc(C(=O)N2CCN(c3ccc(F)cc3)CC2)cc(OC)c1OC. The lowest BCUT2D eigenvalue weighted by Crippen LogP contribution is -2.48. The summed E-state index contributed by atoms with van der Waals surface area (Å²) >= 11 is 0. The molecular weight excluding hydrogens is 351 g/mol. The first-order valence-electron chi connectivity index (χ1n) is 8.67. The summed E-state index contributed by atoms with van der Waals surface area (Å²) in [4.78, 5) is 16.9. The molecule has 2 aromatic rings. The molecule has 0 bridgehead atoms. The van der Waals surface area contributed by atoms with E-state index < -0.39 is 0 Å². The smallest absolute Gasteiger partial charge is 0.254 e. The fourth-order valence-corrected chi connectivity index (χ4v) is 3.21. The number of nitrogens with zero attached hydrogens (tertiary/aromatic N) is 2. The van der Waals surface area contributed by atoms with Gasteiger partial charge in [-0.1, -0.05) is 0 Å². The van der Waals surface area contributed by atoms with Gasteiger partial charge >= 0.3 is 0 Å². The zero-order valence-corrected chi connectivity index (χ0v) is 15.7. The maximum Gasteiger partial charge on any atom is 0.254 e. The average Bonchev–Trinajstić information content (AvgIpc) is 2.72. The molecule has 6 nitrogen and oxygen atoms in total. The molecule has 1 saturated heterocycles. The molecule has 1 fully saturated rings. The fourth-order valence-electron chi connectivity index (χ4n) is 3.21. The van der Waals surface area contributed by atoms with E-state index in [4.69, 9.17) is 14.2 Å². The van der Waals surface area contributed by atoms with E-state index in [1.807, 2.05) is 0 Å². The number of ether oxygens (including phenoxy) is 3. The van der Waals surface area contributed by atoms with E-state index >= 15 is 0 Å². The van der Waals surface area contributed by atoms with Gasteiger partial charge in [0.05, 0.1) is 21.3 Å². The van der Waals surface area contributed by atoms with Crippen LogP contribution in [0.15, 0.2) is 36.4 Å². The quantitative estimate of drug-likeness (QED) is 0.806. The third kappa shape index (κ3) is 3.92. The maximum absolute atomic E-state index is 13.1. The molecule has 2 aromatic carbocycles. The molecule has 0 spiro atoms. The Labute approximate surface area is 158 Å². The summed E-state index contributed by atoms with van der Waals surface area (Å²) in [5, 5.41) is 0. The molecule has 7 heteroatoms. The Balaban J connectivity index is 1.73. The van der Waals surface area contributed by atoms with Crippen molar-refractivity contribution in [3.05, 3.63) is 47.8 Å². The molecule has 0 saturated carbocycles. The van der Waals surface area contributed by atoms with Gasteiger partial charge in [0.2, 0.25) is 5.75 Å². The van der Waals surface area contributed by atoms with E-state index in [2.05, 4.69) is 4.90 Å². The van der Waals surface area contributed by atoms with E-state index in [9.17, 15) is 9.18 Å². The highest BCUT2D eigenvalue weighted by molar-refractivity contribution is 5.95. The van der Waals surface area contributed by atoms with Crippen molar-refractivity contribution in [3.8, 4) is 17.2 Å². The number of rotatable bonds is 5. The van der Waals surface area contributed by atoms with Gasteiger partial charge in [-0.15, -0.1) is 0 Å². The first-order valence-corrected chi connectivity index (χ1v) is 8.67. The van der Waals surface area contributed by atoms with Crippen molar-refractivity contribution in [1.29, 1.82) is 0 Å². The average molecular weight is 374 g/mol. The number of carbonyl (C=O) groups is 1. The molecule has 0 aliphatic carbocycles. The fraction of sp³-hybridized carbons (Fsp3) is 0.350. The molecule has 0 aromatic heterocycles. The lowest BCUT2D eigenvalue weighted by molar-refractivity contribution is 0.0746. The van der Waals surface area contributed by atoms with E-state index in [1.54, 1.807) is 29.2 Å². The number of halogens is 1. The minimum absolute atomic E-state index is 0.0898. The normalized spacial score (nSPS) is 14.1. The number of carbonyl (C=O) groups excluding carboxylic acids is 1. The lowest BCUT2D eigenvalue weighted by atomic mass is 10.1. The van der Waals surface area contributed by atoms with Crippen LogP contribution in [-0.2, 0) is 0 Å². The molecule has 0 unspecified atom stereocenters. The second-order valence-corrected chi connectivity index (χ2v) is 6.17. The Kier molecular flexibility index (Phi) is 5.69. The van der Waals surface area contributed by atoms with Gasteiger partial charge in [-0.3, -0.25) is 4.79 Å². The van der Waals surface area contributed by atoms with Crippen molar-refractivity contribution >= 4 is 11.6 Å². The van der Waals surface area contributed by atoms with Crippen LogP contribution in [0.5, 0.6) is 17.2 Å². The number of anilines is 1. The third-order valence-corrected chi connectivity index (χ3v) is 4.67. The number of piperazine rings is 1. The van der Waals surface area contributed by atoms with Crippen LogP contribution in [-0.4, -0.2) is 58.3 Å².